The number of ether oxygens (including phenoxy) is 1. The number of nitrogens with one attached hydrogen (secondary N) is 1. The van der Waals surface area contributed by atoms with Gasteiger partial charge in [0.15, 0.2) is 0 Å². The van der Waals surface area contributed by atoms with Gasteiger partial charge >= 0.3 is 5.97 Å². The van der Waals surface area contributed by atoms with Crippen molar-refractivity contribution in [2.45, 2.75) is 44.2 Å². The monoisotopic (exact) mass is 430 g/mol. The molecule has 0 radical (unpaired) electrons. The third-order valence-corrected chi connectivity index (χ3v) is 6.34. The summed E-state index contributed by atoms with van der Waals surface area (Å²) in [7, 11) is -3.76. The largest absolute Gasteiger partial charge is 0.465 e. The molecule has 0 saturated carbocycles. The number of benzene rings is 2. The molecule has 1 heterocycles. The van der Waals surface area contributed by atoms with Gasteiger partial charge < -0.3 is 9.64 Å². The smallest absolute Gasteiger partial charge is 0.325 e. The summed E-state index contributed by atoms with van der Waals surface area (Å²) >= 11 is 0. The summed E-state index contributed by atoms with van der Waals surface area (Å²) in [5.41, 5.74) is 1.19. The topological polar surface area (TPSA) is 92.8 Å². The Balaban J connectivity index is 2.05. The minimum Gasteiger partial charge on any atom is -0.465 e. The third-order valence-electron chi connectivity index (χ3n) is 4.59. The standard InChI is InChI=1S/C22H26N2O5S/c1-5-29-19(25)14-24-20(17-11-6-7-12-18(17)21(24)26)15-9-8-10-16(13-15)30(27,28)23-22(2,3)4/h6-13,20,23H,5,14H2,1-4H3. The van der Waals surface area contributed by atoms with Crippen molar-refractivity contribution in [3.05, 3.63) is 65.2 Å². The van der Waals surface area contributed by atoms with E-state index in [1.807, 2.05) is 12.1 Å². The van der Waals surface area contributed by atoms with Gasteiger partial charge in [-0.25, -0.2) is 13.1 Å². The predicted octanol–water partition coefficient (Wildman–Crippen LogP) is 2.87. The number of nitrogens with zero attached hydrogens (tertiary/aromatic N) is 1. The number of carbonyl (C=O) groups excluding carboxylic acids is 2. The second kappa shape index (κ2) is 8.20. The first-order valence-electron chi connectivity index (χ1n) is 9.73. The van der Waals surface area contributed by atoms with Crippen molar-refractivity contribution in [2.75, 3.05) is 13.2 Å². The Morgan fingerprint density at radius 1 is 1.13 bits per heavy atom. The number of fused-ring (bicyclic) bond motifs is 1. The van der Waals surface area contributed by atoms with Crippen LogP contribution < -0.4 is 4.72 Å². The third kappa shape index (κ3) is 4.55. The average molecular weight is 431 g/mol. The maximum Gasteiger partial charge on any atom is 0.325 e. The molecule has 160 valence electrons. The van der Waals surface area contributed by atoms with Crippen LogP contribution >= 0.6 is 0 Å². The van der Waals surface area contributed by atoms with E-state index in [4.69, 9.17) is 4.74 Å². The summed E-state index contributed by atoms with van der Waals surface area (Å²) in [6.07, 6.45) is 0. The summed E-state index contributed by atoms with van der Waals surface area (Å²) in [5, 5.41) is 0. The fourth-order valence-electron chi connectivity index (χ4n) is 3.55. The Labute approximate surface area is 177 Å². The van der Waals surface area contributed by atoms with E-state index < -0.39 is 27.6 Å². The van der Waals surface area contributed by atoms with Crippen molar-refractivity contribution in [3.8, 4) is 0 Å². The van der Waals surface area contributed by atoms with Crippen LogP contribution in [-0.2, 0) is 19.6 Å². The highest BCUT2D eigenvalue weighted by molar-refractivity contribution is 7.89. The first kappa shape index (κ1) is 22.0. The molecule has 0 aromatic heterocycles. The molecular formula is C22H26N2O5S. The Kier molecular flexibility index (Phi) is 6.01. The van der Waals surface area contributed by atoms with Crippen LogP contribution in [-0.4, -0.2) is 43.9 Å². The van der Waals surface area contributed by atoms with Gasteiger partial charge in [-0.3, -0.25) is 9.59 Å². The molecule has 0 bridgehead atoms. The maximum atomic E-state index is 13.0. The van der Waals surface area contributed by atoms with Gasteiger partial charge in [0, 0.05) is 11.1 Å². The van der Waals surface area contributed by atoms with Crippen LogP contribution in [0.25, 0.3) is 0 Å². The van der Waals surface area contributed by atoms with Gasteiger partial charge in [0.1, 0.15) is 6.54 Å². The highest BCUT2D eigenvalue weighted by atomic mass is 32.2. The van der Waals surface area contributed by atoms with E-state index in [0.717, 1.165) is 5.56 Å². The van der Waals surface area contributed by atoms with Crippen molar-refractivity contribution >= 4 is 21.9 Å². The van der Waals surface area contributed by atoms with Gasteiger partial charge in [-0.1, -0.05) is 30.3 Å². The first-order chi connectivity index (χ1) is 14.0. The Morgan fingerprint density at radius 3 is 2.50 bits per heavy atom. The maximum absolute atomic E-state index is 13.0. The fourth-order valence-corrected chi connectivity index (χ4v) is 5.03. The highest BCUT2D eigenvalue weighted by Gasteiger charge is 2.39. The highest BCUT2D eigenvalue weighted by Crippen LogP contribution is 2.38. The quantitative estimate of drug-likeness (QED) is 0.712. The van der Waals surface area contributed by atoms with Gasteiger partial charge in [0.2, 0.25) is 10.0 Å². The lowest BCUT2D eigenvalue weighted by atomic mass is 9.98. The van der Waals surface area contributed by atoms with Crippen molar-refractivity contribution in [3.63, 3.8) is 0 Å². The lowest BCUT2D eigenvalue weighted by Gasteiger charge is -2.26. The molecule has 1 N–H and O–H groups in total. The summed E-state index contributed by atoms with van der Waals surface area (Å²) in [6.45, 7) is 6.99. The lowest BCUT2D eigenvalue weighted by molar-refractivity contribution is -0.144. The molecule has 0 saturated heterocycles. The molecule has 1 aliphatic rings. The van der Waals surface area contributed by atoms with E-state index in [9.17, 15) is 18.0 Å². The molecule has 2 aromatic rings. The minimum atomic E-state index is -3.76. The number of hydrogen-bond acceptors (Lipinski definition) is 5. The summed E-state index contributed by atoms with van der Waals surface area (Å²) in [6, 6.07) is 13.0. The summed E-state index contributed by atoms with van der Waals surface area (Å²) in [5.74, 6) is -0.799. The van der Waals surface area contributed by atoms with E-state index in [1.54, 1.807) is 58.0 Å². The molecule has 2 aromatic carbocycles. The van der Waals surface area contributed by atoms with E-state index in [0.29, 0.717) is 11.1 Å². The second-order valence-electron chi connectivity index (χ2n) is 8.16. The molecule has 30 heavy (non-hydrogen) atoms. The van der Waals surface area contributed by atoms with Crippen molar-refractivity contribution < 1.29 is 22.7 Å². The van der Waals surface area contributed by atoms with E-state index in [1.165, 1.54) is 11.0 Å². The second-order valence-corrected chi connectivity index (χ2v) is 9.84. The molecule has 1 unspecified atom stereocenters. The van der Waals surface area contributed by atoms with Crippen LogP contribution in [0.15, 0.2) is 53.4 Å². The van der Waals surface area contributed by atoms with Crippen LogP contribution in [0.2, 0.25) is 0 Å². The predicted molar refractivity (Wildman–Crippen MR) is 112 cm³/mol. The van der Waals surface area contributed by atoms with Crippen molar-refractivity contribution in [1.82, 2.24) is 9.62 Å². The van der Waals surface area contributed by atoms with Crippen LogP contribution in [0.3, 0.4) is 0 Å². The number of carbonyl (C=O) groups is 2. The lowest BCUT2D eigenvalue weighted by Crippen LogP contribution is -2.40. The molecule has 1 aliphatic heterocycles. The van der Waals surface area contributed by atoms with E-state index in [2.05, 4.69) is 4.72 Å². The molecule has 8 heteroatoms. The molecule has 3 rings (SSSR count). The molecule has 1 atom stereocenters. The number of rotatable bonds is 6. The van der Waals surface area contributed by atoms with Crippen LogP contribution in [0.4, 0.5) is 0 Å². The van der Waals surface area contributed by atoms with Gasteiger partial charge in [0.05, 0.1) is 17.5 Å². The van der Waals surface area contributed by atoms with Gasteiger partial charge in [-0.2, -0.15) is 0 Å². The zero-order valence-corrected chi connectivity index (χ0v) is 18.3. The number of esters is 1. The van der Waals surface area contributed by atoms with Gasteiger partial charge in [-0.15, -0.1) is 0 Å². The number of sulfonamides is 1. The zero-order valence-electron chi connectivity index (χ0n) is 17.5. The Morgan fingerprint density at radius 2 is 1.83 bits per heavy atom. The van der Waals surface area contributed by atoms with Crippen LogP contribution in [0.5, 0.6) is 0 Å². The van der Waals surface area contributed by atoms with E-state index in [-0.39, 0.29) is 24.0 Å². The molecule has 0 aliphatic carbocycles. The van der Waals surface area contributed by atoms with Gasteiger partial charge in [-0.05, 0) is 57.0 Å². The summed E-state index contributed by atoms with van der Waals surface area (Å²) in [4.78, 5) is 26.6. The average Bonchev–Trinajstić information content (AvgIpc) is 2.92. The van der Waals surface area contributed by atoms with Crippen molar-refractivity contribution in [2.24, 2.45) is 0 Å². The van der Waals surface area contributed by atoms with E-state index >= 15 is 0 Å². The SMILES string of the molecule is CCOC(=O)CN1C(=O)c2ccccc2C1c1cccc(S(=O)(=O)NC(C)(C)C)c1. The summed E-state index contributed by atoms with van der Waals surface area (Å²) < 4.78 is 33.3. The molecule has 0 fully saturated rings. The van der Waals surface area contributed by atoms with Crippen LogP contribution in [0.1, 0.15) is 55.2 Å². The fraction of sp³-hybridized carbons (Fsp3) is 0.364. The molecule has 0 spiro atoms. The van der Waals surface area contributed by atoms with Crippen molar-refractivity contribution in [1.29, 1.82) is 0 Å². The molecule has 1 amide bonds. The number of hydrogen-bond donors (Lipinski definition) is 1. The van der Waals surface area contributed by atoms with Crippen LogP contribution in [0, 0.1) is 0 Å². The first-order valence-corrected chi connectivity index (χ1v) is 11.2. The Bertz CT molecular complexity index is 1070. The Hall–Kier alpha value is -2.71. The normalized spacial score (nSPS) is 16.5. The minimum absolute atomic E-state index is 0.0999. The molecule has 7 nitrogen and oxygen atoms in total. The van der Waals surface area contributed by atoms with Gasteiger partial charge in [0.25, 0.3) is 5.91 Å². The number of amides is 1. The zero-order chi connectivity index (χ0) is 22.1. The molecular weight excluding hydrogens is 404 g/mol.